The van der Waals surface area contributed by atoms with Crippen LogP contribution in [0.1, 0.15) is 0 Å². The molecular weight excluding hydrogens is 240 g/mol. The molecule has 0 fully saturated rings. The summed E-state index contributed by atoms with van der Waals surface area (Å²) in [5.74, 6) is 0. The van der Waals surface area contributed by atoms with E-state index in [1.54, 1.807) is 0 Å². The van der Waals surface area contributed by atoms with Crippen molar-refractivity contribution in [1.82, 2.24) is 30.8 Å². The van der Waals surface area contributed by atoms with Gasteiger partial charge in [-0.25, -0.2) is 9.37 Å². The third kappa shape index (κ3) is 585. The highest BCUT2D eigenvalue weighted by Gasteiger charge is 2.03. The van der Waals surface area contributed by atoms with Crippen molar-refractivity contribution in [2.24, 2.45) is 0 Å². The standard InChI is InChI=1S/BH3O4.5H3N.H3O4P/c2-1(3)5-4;;;;;;1-5(2,3)4/h2-4H;5*1H3;(H3,1,2,3,4). The molecule has 0 atom stereocenters. The zero-order valence-corrected chi connectivity index (χ0v) is 8.95. The molecule has 0 bridgehead atoms. The van der Waals surface area contributed by atoms with E-state index in [9.17, 15) is 0 Å². The van der Waals surface area contributed by atoms with E-state index >= 15 is 0 Å². The SMILES string of the molecule is N.N.N.N.N.O=P(O)(O)O.OOB(O)O. The van der Waals surface area contributed by atoms with Gasteiger partial charge < -0.3 is 55.5 Å². The van der Waals surface area contributed by atoms with Gasteiger partial charge in [0.15, 0.2) is 0 Å². The Morgan fingerprint density at radius 1 is 0.867 bits per heavy atom. The predicted octanol–water partition coefficient (Wildman–Crippen LogP) is -1.67. The van der Waals surface area contributed by atoms with E-state index in [-0.39, 0.29) is 30.8 Å². The van der Waals surface area contributed by atoms with Crippen molar-refractivity contribution in [3.8, 4) is 0 Å². The van der Waals surface area contributed by atoms with Crippen molar-refractivity contribution in [2.75, 3.05) is 0 Å². The molecule has 0 aromatic rings. The third-order valence-electron chi connectivity index (χ3n) is 0.0943. The largest absolute Gasteiger partial charge is 0.662 e. The zero-order chi connectivity index (χ0) is 8.78. The van der Waals surface area contributed by atoms with Crippen LogP contribution in [-0.2, 0) is 9.37 Å². The summed E-state index contributed by atoms with van der Waals surface area (Å²) in [6.07, 6.45) is 0. The Hall–Kier alpha value is -0.185. The first-order chi connectivity index (χ1) is 4.27. The van der Waals surface area contributed by atoms with Crippen molar-refractivity contribution in [3.63, 3.8) is 0 Å². The van der Waals surface area contributed by atoms with Crippen molar-refractivity contribution >= 4 is 15.1 Å². The van der Waals surface area contributed by atoms with Crippen LogP contribution in [0.5, 0.6) is 0 Å². The Labute approximate surface area is 86.3 Å². The fraction of sp³-hybridized carbons (Fsp3) is 0. The highest BCUT2D eigenvalue weighted by molar-refractivity contribution is 7.45. The van der Waals surface area contributed by atoms with Crippen LogP contribution in [0.3, 0.4) is 0 Å². The molecule has 0 aliphatic carbocycles. The second-order valence-corrected chi connectivity index (χ2v) is 1.97. The van der Waals surface area contributed by atoms with Gasteiger partial charge in [-0.3, -0.25) is 5.26 Å². The third-order valence-corrected chi connectivity index (χ3v) is 0.0943. The summed E-state index contributed by atoms with van der Waals surface area (Å²) < 4.78 is 8.88. The summed E-state index contributed by atoms with van der Waals surface area (Å²) in [6.45, 7) is 0. The minimum absolute atomic E-state index is 0. The molecule has 21 N–H and O–H groups in total. The summed E-state index contributed by atoms with van der Waals surface area (Å²) in [7, 11) is -6.70. The Morgan fingerprint density at radius 2 is 0.933 bits per heavy atom. The van der Waals surface area contributed by atoms with Gasteiger partial charge in [-0.1, -0.05) is 0 Å². The molecule has 13 nitrogen and oxygen atoms in total. The van der Waals surface area contributed by atoms with Crippen molar-refractivity contribution in [3.05, 3.63) is 0 Å². The van der Waals surface area contributed by atoms with Gasteiger partial charge in [0.2, 0.25) is 0 Å². The Bertz CT molecular complexity index is 107. The molecule has 0 radical (unpaired) electrons. The van der Waals surface area contributed by atoms with Gasteiger partial charge in [-0.05, 0) is 0 Å². The van der Waals surface area contributed by atoms with Crippen molar-refractivity contribution in [2.45, 2.75) is 0 Å². The maximum absolute atomic E-state index is 8.88. The lowest BCUT2D eigenvalue weighted by Gasteiger charge is -1.82. The summed E-state index contributed by atoms with van der Waals surface area (Å²) in [6, 6.07) is 0. The fourth-order valence-corrected chi connectivity index (χ4v) is 0. The van der Waals surface area contributed by atoms with Gasteiger partial charge >= 0.3 is 15.1 Å². The molecule has 102 valence electrons. The zero-order valence-electron chi connectivity index (χ0n) is 8.06. The predicted molar refractivity (Wildman–Crippen MR) is 53.3 cm³/mol. The number of hydrogen-bond acceptors (Lipinski definition) is 10. The number of rotatable bonds is 1. The van der Waals surface area contributed by atoms with Gasteiger partial charge in [0, 0.05) is 0 Å². The van der Waals surface area contributed by atoms with Crippen LogP contribution in [0.25, 0.3) is 0 Å². The lowest BCUT2D eigenvalue weighted by molar-refractivity contribution is -0.173. The highest BCUT2D eigenvalue weighted by Crippen LogP contribution is 2.25. The highest BCUT2D eigenvalue weighted by atomic mass is 31.2. The molecule has 0 spiro atoms. The normalized spacial score (nSPS) is 6.53. The second-order valence-electron chi connectivity index (χ2n) is 0.945. The maximum atomic E-state index is 8.88. The van der Waals surface area contributed by atoms with E-state index in [2.05, 4.69) is 4.81 Å². The van der Waals surface area contributed by atoms with Crippen LogP contribution in [0, 0.1) is 0 Å². The number of hydrogen-bond donors (Lipinski definition) is 11. The van der Waals surface area contributed by atoms with Crippen LogP contribution >= 0.6 is 7.82 Å². The molecule has 15 heteroatoms. The molecular formula is H21BN5O8P. The topological polar surface area (TPSA) is 323 Å². The molecule has 15 heavy (non-hydrogen) atoms. The van der Waals surface area contributed by atoms with Gasteiger partial charge in [-0.15, -0.1) is 0 Å². The van der Waals surface area contributed by atoms with E-state index in [4.69, 9.17) is 34.6 Å². The van der Waals surface area contributed by atoms with Gasteiger partial charge in [0.1, 0.15) is 0 Å². The minimum atomic E-state index is -4.64. The van der Waals surface area contributed by atoms with Crippen molar-refractivity contribution < 1.29 is 39.4 Å². The minimum Gasteiger partial charge on any atom is -0.400 e. The quantitative estimate of drug-likeness (QED) is 0.109. The van der Waals surface area contributed by atoms with E-state index in [0.29, 0.717) is 0 Å². The van der Waals surface area contributed by atoms with E-state index in [0.717, 1.165) is 0 Å². The fourth-order valence-electron chi connectivity index (χ4n) is 0. The van der Waals surface area contributed by atoms with Crippen LogP contribution in [0.15, 0.2) is 0 Å². The van der Waals surface area contributed by atoms with Crippen LogP contribution in [-0.4, -0.2) is 37.3 Å². The molecule has 0 aromatic carbocycles. The molecule has 0 saturated heterocycles. The van der Waals surface area contributed by atoms with E-state index < -0.39 is 15.1 Å². The number of phosphoric acid groups is 1. The Kier molecular flexibility index (Phi) is 72.7. The summed E-state index contributed by atoms with van der Waals surface area (Å²) in [5, 5.41) is 22.0. The molecule has 0 rings (SSSR count). The van der Waals surface area contributed by atoms with Gasteiger partial charge in [0.05, 0.1) is 0 Å². The van der Waals surface area contributed by atoms with Crippen molar-refractivity contribution in [1.29, 1.82) is 0 Å². The first kappa shape index (κ1) is 46.3. The average Bonchev–Trinajstić information content (AvgIpc) is 1.61. The monoisotopic (exact) mass is 261 g/mol. The second kappa shape index (κ2) is 23.6. The summed E-state index contributed by atoms with van der Waals surface area (Å²) in [4.78, 5) is 24.4. The summed E-state index contributed by atoms with van der Waals surface area (Å²) in [5.41, 5.74) is 0. The van der Waals surface area contributed by atoms with Gasteiger partial charge in [-0.2, -0.15) is 0 Å². The molecule has 0 unspecified atom stereocenters. The molecule has 0 aliphatic rings. The molecule has 0 amide bonds. The van der Waals surface area contributed by atoms with Gasteiger partial charge in [0.25, 0.3) is 0 Å². The van der Waals surface area contributed by atoms with E-state index in [1.807, 2.05) is 0 Å². The lowest BCUT2D eigenvalue weighted by Crippen LogP contribution is -2.13. The molecule has 0 aliphatic heterocycles. The Balaban J connectivity index is -0.0000000128. The van der Waals surface area contributed by atoms with Crippen LogP contribution < -0.4 is 30.8 Å². The smallest absolute Gasteiger partial charge is 0.400 e. The first-order valence-corrected chi connectivity index (χ1v) is 3.28. The molecule has 0 heterocycles. The molecule has 0 saturated carbocycles. The maximum Gasteiger partial charge on any atom is 0.662 e. The van der Waals surface area contributed by atoms with Crippen LogP contribution in [0.4, 0.5) is 0 Å². The van der Waals surface area contributed by atoms with Crippen LogP contribution in [0.2, 0.25) is 0 Å². The lowest BCUT2D eigenvalue weighted by atomic mass is 10.3. The first-order valence-electron chi connectivity index (χ1n) is 1.72. The average molecular weight is 261 g/mol. The summed E-state index contributed by atoms with van der Waals surface area (Å²) >= 11 is 0. The molecule has 0 aromatic heterocycles. The Morgan fingerprint density at radius 3 is 0.933 bits per heavy atom. The van der Waals surface area contributed by atoms with E-state index in [1.165, 1.54) is 0 Å².